The lowest BCUT2D eigenvalue weighted by Gasteiger charge is -2.50. The molecule has 2 fully saturated rings. The van der Waals surface area contributed by atoms with Crippen LogP contribution >= 0.6 is 0 Å². The Hall–Kier alpha value is -2.57. The second kappa shape index (κ2) is 8.41. The molecule has 1 heterocycles. The molecule has 27 heavy (non-hydrogen) atoms. The van der Waals surface area contributed by atoms with Gasteiger partial charge in [0, 0.05) is 18.9 Å². The number of piperidine rings is 1. The molecule has 0 radical (unpaired) electrons. The van der Waals surface area contributed by atoms with Crippen LogP contribution in [-0.2, 0) is 16.0 Å². The molecule has 7 nitrogen and oxygen atoms in total. The summed E-state index contributed by atoms with van der Waals surface area (Å²) in [6.07, 6.45) is 4.82. The highest BCUT2D eigenvalue weighted by atomic mass is 16.4. The lowest BCUT2D eigenvalue weighted by molar-refractivity contribution is -0.137. The van der Waals surface area contributed by atoms with Crippen molar-refractivity contribution in [2.24, 2.45) is 0 Å². The molecule has 1 aromatic rings. The zero-order valence-corrected chi connectivity index (χ0v) is 15.4. The van der Waals surface area contributed by atoms with Crippen molar-refractivity contribution in [3.05, 3.63) is 35.9 Å². The van der Waals surface area contributed by atoms with Crippen molar-refractivity contribution in [2.45, 2.75) is 69.0 Å². The summed E-state index contributed by atoms with van der Waals surface area (Å²) in [4.78, 5) is 35.3. The van der Waals surface area contributed by atoms with Crippen LogP contribution in [-0.4, -0.2) is 40.6 Å². The van der Waals surface area contributed by atoms with E-state index in [4.69, 9.17) is 5.11 Å². The number of carbonyl (C=O) groups is 3. The first-order valence-electron chi connectivity index (χ1n) is 9.61. The third-order valence-electron chi connectivity index (χ3n) is 5.63. The molecule has 4 N–H and O–H groups in total. The molecule has 1 aliphatic carbocycles. The minimum absolute atomic E-state index is 0.00119. The van der Waals surface area contributed by atoms with Gasteiger partial charge in [0.25, 0.3) is 0 Å². The number of rotatable bonds is 7. The largest absolute Gasteiger partial charge is 0.481 e. The first-order chi connectivity index (χ1) is 13.0. The predicted octanol–water partition coefficient (Wildman–Crippen LogP) is 1.96. The molecule has 3 amide bonds. The molecule has 0 bridgehead atoms. The standard InChI is InChI=1S/C20H27N3O4/c24-17-9-8-16(20(23-17)11-4-12-20)22-19(27)21-15(7-10-18(25)26)13-14-5-2-1-3-6-14/h1-3,5-6,15-16H,4,7-13H2,(H,23,24)(H,25,26)(H2,21,22,27). The molecule has 2 aliphatic rings. The highest BCUT2D eigenvalue weighted by Crippen LogP contribution is 2.38. The average molecular weight is 373 g/mol. The molecule has 3 rings (SSSR count). The van der Waals surface area contributed by atoms with Crippen molar-refractivity contribution in [3.8, 4) is 0 Å². The lowest BCUT2D eigenvalue weighted by Crippen LogP contribution is -2.69. The van der Waals surface area contributed by atoms with E-state index in [1.807, 2.05) is 30.3 Å². The van der Waals surface area contributed by atoms with Gasteiger partial charge in [-0.2, -0.15) is 0 Å². The van der Waals surface area contributed by atoms with Gasteiger partial charge in [-0.25, -0.2) is 4.79 Å². The number of carbonyl (C=O) groups excluding carboxylic acids is 2. The molecule has 2 atom stereocenters. The maximum Gasteiger partial charge on any atom is 0.315 e. The van der Waals surface area contributed by atoms with Crippen molar-refractivity contribution >= 4 is 17.9 Å². The van der Waals surface area contributed by atoms with Crippen molar-refractivity contribution in [1.82, 2.24) is 16.0 Å². The Morgan fingerprint density at radius 2 is 2.00 bits per heavy atom. The van der Waals surface area contributed by atoms with Gasteiger partial charge >= 0.3 is 12.0 Å². The normalized spacial score (nSPS) is 21.6. The van der Waals surface area contributed by atoms with E-state index in [0.717, 1.165) is 24.8 Å². The summed E-state index contributed by atoms with van der Waals surface area (Å²) in [5.41, 5.74) is 0.747. The van der Waals surface area contributed by atoms with Gasteiger partial charge in [-0.05, 0) is 44.1 Å². The smallest absolute Gasteiger partial charge is 0.315 e. The van der Waals surface area contributed by atoms with Crippen LogP contribution < -0.4 is 16.0 Å². The lowest BCUT2D eigenvalue weighted by atomic mass is 9.68. The zero-order valence-electron chi connectivity index (χ0n) is 15.4. The van der Waals surface area contributed by atoms with E-state index in [-0.39, 0.29) is 36.0 Å². The molecule has 7 heteroatoms. The minimum atomic E-state index is -0.876. The van der Waals surface area contributed by atoms with Crippen LogP contribution in [0.4, 0.5) is 4.79 Å². The van der Waals surface area contributed by atoms with Crippen molar-refractivity contribution in [3.63, 3.8) is 0 Å². The highest BCUT2D eigenvalue weighted by Gasteiger charge is 2.48. The number of benzene rings is 1. The van der Waals surface area contributed by atoms with E-state index in [2.05, 4.69) is 16.0 Å². The topological polar surface area (TPSA) is 108 Å². The summed E-state index contributed by atoms with van der Waals surface area (Å²) in [7, 11) is 0. The van der Waals surface area contributed by atoms with Gasteiger partial charge in [-0.3, -0.25) is 9.59 Å². The average Bonchev–Trinajstić information content (AvgIpc) is 2.60. The van der Waals surface area contributed by atoms with Gasteiger partial charge in [-0.15, -0.1) is 0 Å². The summed E-state index contributed by atoms with van der Waals surface area (Å²) in [6, 6.07) is 9.06. The SMILES string of the molecule is O=C(O)CCC(Cc1ccccc1)NC(=O)NC1CCC(=O)NC12CCC2. The zero-order chi connectivity index (χ0) is 19.3. The number of hydrogen-bond donors (Lipinski definition) is 4. The van der Waals surface area contributed by atoms with Crippen molar-refractivity contribution in [2.75, 3.05) is 0 Å². The monoisotopic (exact) mass is 373 g/mol. The molecule has 2 unspecified atom stereocenters. The molecular weight excluding hydrogens is 346 g/mol. The predicted molar refractivity (Wildman–Crippen MR) is 100 cm³/mol. The van der Waals surface area contributed by atoms with E-state index >= 15 is 0 Å². The van der Waals surface area contributed by atoms with E-state index in [0.29, 0.717) is 25.7 Å². The quantitative estimate of drug-likeness (QED) is 0.586. The number of hydrogen-bond acceptors (Lipinski definition) is 3. The van der Waals surface area contributed by atoms with Crippen LogP contribution in [0.15, 0.2) is 30.3 Å². The Morgan fingerprint density at radius 1 is 1.26 bits per heavy atom. The Balaban J connectivity index is 1.59. The summed E-state index contributed by atoms with van der Waals surface area (Å²) < 4.78 is 0. The van der Waals surface area contributed by atoms with Gasteiger partial charge in [-0.1, -0.05) is 30.3 Å². The third-order valence-corrected chi connectivity index (χ3v) is 5.63. The van der Waals surface area contributed by atoms with Gasteiger partial charge in [0.05, 0.1) is 11.6 Å². The van der Waals surface area contributed by atoms with Gasteiger partial charge in [0.1, 0.15) is 0 Å². The number of nitrogens with one attached hydrogen (secondary N) is 3. The molecule has 1 saturated heterocycles. The number of carboxylic acids is 1. The molecule has 1 spiro atoms. The second-order valence-electron chi connectivity index (χ2n) is 7.59. The van der Waals surface area contributed by atoms with E-state index in [9.17, 15) is 14.4 Å². The summed E-state index contributed by atoms with van der Waals surface area (Å²) in [5, 5.41) is 18.0. The second-order valence-corrected chi connectivity index (χ2v) is 7.59. The third kappa shape index (κ3) is 4.99. The molecule has 146 valence electrons. The van der Waals surface area contributed by atoms with Crippen molar-refractivity contribution in [1.29, 1.82) is 0 Å². The van der Waals surface area contributed by atoms with Gasteiger partial charge in [0.2, 0.25) is 5.91 Å². The van der Waals surface area contributed by atoms with Crippen LogP contribution in [0, 0.1) is 0 Å². The molecule has 1 aliphatic heterocycles. The van der Waals surface area contributed by atoms with Gasteiger partial charge in [0.15, 0.2) is 0 Å². The Morgan fingerprint density at radius 3 is 2.63 bits per heavy atom. The minimum Gasteiger partial charge on any atom is -0.481 e. The fourth-order valence-corrected chi connectivity index (χ4v) is 4.03. The number of amides is 3. The van der Waals surface area contributed by atoms with Crippen LogP contribution in [0.5, 0.6) is 0 Å². The molecule has 0 aromatic heterocycles. The Kier molecular flexibility index (Phi) is 5.98. The summed E-state index contributed by atoms with van der Waals surface area (Å²) >= 11 is 0. The molecule has 1 saturated carbocycles. The highest BCUT2D eigenvalue weighted by molar-refractivity contribution is 5.80. The van der Waals surface area contributed by atoms with Crippen LogP contribution in [0.1, 0.15) is 50.5 Å². The van der Waals surface area contributed by atoms with Crippen LogP contribution in [0.3, 0.4) is 0 Å². The Bertz CT molecular complexity index is 688. The molecular formula is C20H27N3O4. The first-order valence-corrected chi connectivity index (χ1v) is 9.61. The first kappa shape index (κ1) is 19.2. The summed E-state index contributed by atoms with van der Waals surface area (Å²) in [6.45, 7) is 0. The fraction of sp³-hybridized carbons (Fsp3) is 0.550. The fourth-order valence-electron chi connectivity index (χ4n) is 4.03. The van der Waals surface area contributed by atoms with Crippen LogP contribution in [0.25, 0.3) is 0 Å². The van der Waals surface area contributed by atoms with E-state index in [1.165, 1.54) is 0 Å². The van der Waals surface area contributed by atoms with E-state index in [1.54, 1.807) is 0 Å². The van der Waals surface area contributed by atoms with E-state index < -0.39 is 5.97 Å². The molecule has 1 aromatic carbocycles. The van der Waals surface area contributed by atoms with Crippen LogP contribution in [0.2, 0.25) is 0 Å². The maximum absolute atomic E-state index is 12.6. The summed E-state index contributed by atoms with van der Waals surface area (Å²) in [5.74, 6) is -0.824. The number of aliphatic carboxylic acids is 1. The Labute approximate surface area is 158 Å². The number of urea groups is 1. The van der Waals surface area contributed by atoms with Gasteiger partial charge < -0.3 is 21.1 Å². The van der Waals surface area contributed by atoms with Crippen molar-refractivity contribution < 1.29 is 19.5 Å². The number of carboxylic acid groups (broad SMARTS) is 1. The maximum atomic E-state index is 12.6.